The first kappa shape index (κ1) is 92.4. The fraction of sp³-hybridized carbons (Fsp3) is 0.534. The Morgan fingerprint density at radius 1 is 0.714 bits per heavy atom. The van der Waals surface area contributed by atoms with E-state index in [1.807, 2.05) is 41.0 Å². The molecule has 5 aromatic rings. The van der Waals surface area contributed by atoms with Crippen molar-refractivity contribution in [3.63, 3.8) is 0 Å². The number of hydrogen-bond acceptors (Lipinski definition) is 16. The van der Waals surface area contributed by atoms with Gasteiger partial charge in [0.1, 0.15) is 53.9 Å². The number of fused-ring (bicyclic) bond motifs is 16. The quantitative estimate of drug-likeness (QED) is 0.0258. The Morgan fingerprint density at radius 3 is 2.13 bits per heavy atom. The van der Waals surface area contributed by atoms with Gasteiger partial charge in [0.15, 0.2) is 11.6 Å². The number of ether oxygens (including phenoxy) is 2. The second-order valence-electron chi connectivity index (χ2n) is 33.2. The lowest BCUT2D eigenvalue weighted by Crippen LogP contribution is -2.62. The van der Waals surface area contributed by atoms with Crippen LogP contribution >= 0.6 is 0 Å². The van der Waals surface area contributed by atoms with Gasteiger partial charge in [0.2, 0.25) is 47.3 Å². The number of benzene rings is 4. The number of hydrogen-bond donors (Lipinski definition) is 7. The number of carbonyl (C=O) groups is 13. The Kier molecular flexibility index (Phi) is 32.9. The number of methoxy groups -OCH3 is 1. The highest BCUT2D eigenvalue weighted by atomic mass is 19.4. The minimum Gasteiger partial charge on any atom is -0.497 e. The second kappa shape index (κ2) is 42.4. The van der Waals surface area contributed by atoms with E-state index in [1.165, 1.54) is 42.9 Å². The highest BCUT2D eigenvalue weighted by Crippen LogP contribution is 2.35. The molecule has 11 rings (SSSR count). The molecule has 2 fully saturated rings. The first-order valence-electron chi connectivity index (χ1n) is 41.1. The molecule has 6 aliphatic heterocycles. The fourth-order valence-electron chi connectivity index (χ4n) is 16.0. The number of halogens is 4. The van der Waals surface area contributed by atoms with Crippen LogP contribution in [0.15, 0.2) is 109 Å². The molecule has 0 unspecified atom stereocenters. The maximum atomic E-state index is 16.3. The third kappa shape index (κ3) is 26.5. The summed E-state index contributed by atoms with van der Waals surface area (Å²) < 4.78 is 62.0. The van der Waals surface area contributed by atoms with Gasteiger partial charge in [-0.3, -0.25) is 57.5 Å². The zero-order valence-electron chi connectivity index (χ0n) is 68.9. The van der Waals surface area contributed by atoms with Crippen LogP contribution in [-0.2, 0) is 112 Å². The normalized spacial score (nSPS) is 24.2. The largest absolute Gasteiger partial charge is 0.497 e. The number of ketones is 4. The van der Waals surface area contributed by atoms with Gasteiger partial charge in [0.25, 0.3) is 0 Å². The molecule has 4 aromatic carbocycles. The van der Waals surface area contributed by atoms with Crippen LogP contribution in [0.4, 0.5) is 17.6 Å². The molecule has 644 valence electrons. The van der Waals surface area contributed by atoms with Crippen molar-refractivity contribution in [2.45, 2.75) is 229 Å². The molecule has 2 saturated heterocycles. The number of alkyl halides is 3. The fourth-order valence-corrected chi connectivity index (χ4v) is 16.0. The third-order valence-electron chi connectivity index (χ3n) is 22.8. The molecule has 31 heteroatoms. The van der Waals surface area contributed by atoms with E-state index in [4.69, 9.17) is 19.4 Å². The summed E-state index contributed by atoms with van der Waals surface area (Å²) in [5.74, 6) is -12.5. The molecule has 0 radical (unpaired) electrons. The lowest BCUT2D eigenvalue weighted by molar-refractivity contribution is -0.870. The minimum absolute atomic E-state index is 0.0467. The zero-order chi connectivity index (χ0) is 86.5. The first-order chi connectivity index (χ1) is 56.5. The van der Waals surface area contributed by atoms with E-state index in [-0.39, 0.29) is 127 Å². The number of quaternary nitrogens is 1. The van der Waals surface area contributed by atoms with Crippen LogP contribution in [0.2, 0.25) is 0 Å². The van der Waals surface area contributed by atoms with Crippen LogP contribution in [0.25, 0.3) is 10.9 Å². The maximum Gasteiger partial charge on any atom is 0.490 e. The number of carboxylic acids is 1. The monoisotopic (exact) mass is 1660 g/mol. The van der Waals surface area contributed by atoms with Gasteiger partial charge in [-0.2, -0.15) is 13.2 Å². The zero-order valence-corrected chi connectivity index (χ0v) is 68.9. The standard InChI is InChI=1S/C86H111FN10O15.C2HF3O2/c1-55-44-66(100)31-36-77(104)94-40-13-9-8-12-39-93-53-63(68-50-64(87)29-35-72(68)93)48-62-49-73(101)70(90-81(106)69(89-80(55)105)34-30-65(99)21-11-10-14-43-97(4,5)6)47-60-19-15-20-61(45-60)51-88-76(103)54-112-74-37-42-95(84(62)109)79(74)83(108)92-78(56(2)98)82(107)91-71(46-58-27-32-67(111-7)33-28-58)85(110)96-41-17-38-86(96,3)75(102)22-16-18-57-23-25-59(52-94)26-24-57;3-2(4,5)1(6)7/h8,12,15,19-20,23-29,32-33,35,45,50,53,55-56,62,69-71,74,78-79,98H,9-11,13-14,16-18,21-22,30-31,34,36-44,46-49,51-52,54H2,1-7H3,(H4-,88,89,90,91,92,103,105,106,107,108);(H,6,7)/p+1/t55-,56-,62-,69-,70+,71+,74+,78+,79+,86+;/m1./s1. The third-order valence-corrected chi connectivity index (χ3v) is 22.8. The summed E-state index contributed by atoms with van der Waals surface area (Å²) in [4.78, 5) is 192. The van der Waals surface area contributed by atoms with Crippen molar-refractivity contribution in [2.24, 2.45) is 11.8 Å². The average Bonchev–Trinajstić information content (AvgIpc) is 1.61. The van der Waals surface area contributed by atoms with Crippen LogP contribution < -0.4 is 31.3 Å². The van der Waals surface area contributed by atoms with E-state index in [2.05, 4.69) is 47.7 Å². The summed E-state index contributed by atoms with van der Waals surface area (Å²) in [7, 11) is 7.77. The van der Waals surface area contributed by atoms with Gasteiger partial charge in [0, 0.05) is 120 Å². The highest BCUT2D eigenvalue weighted by molar-refractivity contribution is 6.00. The molecule has 1 aromatic heterocycles. The number of amides is 8. The van der Waals surface area contributed by atoms with E-state index < -0.39 is 138 Å². The number of aliphatic carboxylic acids is 1. The number of allylic oxidation sites excluding steroid dienone is 2. The van der Waals surface area contributed by atoms with Crippen molar-refractivity contribution in [1.82, 2.24) is 45.9 Å². The topological polar surface area (TPSA) is 356 Å². The number of carboxylic acid groups (broad SMARTS) is 1. The number of nitrogens with one attached hydrogen (secondary N) is 5. The van der Waals surface area contributed by atoms with Gasteiger partial charge in [-0.1, -0.05) is 79.7 Å². The highest BCUT2D eigenvalue weighted by Gasteiger charge is 2.50. The van der Waals surface area contributed by atoms with Gasteiger partial charge < -0.3 is 70.0 Å². The Morgan fingerprint density at radius 2 is 1.43 bits per heavy atom. The number of aliphatic hydroxyl groups is 1. The Bertz CT molecular complexity index is 4500. The predicted octanol–water partition coefficient (Wildman–Crippen LogP) is 7.62. The average molecular weight is 1660 g/mol. The molecule has 8 amide bonds. The molecule has 0 saturated carbocycles. The summed E-state index contributed by atoms with van der Waals surface area (Å²) in [6, 6.07) is 17.9. The van der Waals surface area contributed by atoms with Gasteiger partial charge in [0.05, 0.1) is 58.6 Å². The van der Waals surface area contributed by atoms with Gasteiger partial charge >= 0.3 is 12.1 Å². The van der Waals surface area contributed by atoms with Crippen molar-refractivity contribution in [3.05, 3.63) is 149 Å². The van der Waals surface area contributed by atoms with Crippen LogP contribution in [-0.4, -0.2) is 225 Å². The number of aliphatic hydroxyl groups excluding tert-OH is 1. The van der Waals surface area contributed by atoms with Crippen LogP contribution in [0.3, 0.4) is 0 Å². The van der Waals surface area contributed by atoms with Gasteiger partial charge in [-0.25, -0.2) is 9.18 Å². The number of rotatable bonds is 13. The number of aryl methyl sites for hydroxylation is 1. The predicted molar refractivity (Wildman–Crippen MR) is 432 cm³/mol. The van der Waals surface area contributed by atoms with Crippen LogP contribution in [0, 0.1) is 17.7 Å². The van der Waals surface area contributed by atoms with Crippen molar-refractivity contribution >= 4 is 87.3 Å². The molecule has 12 bridgehead atoms. The maximum absolute atomic E-state index is 16.3. The summed E-state index contributed by atoms with van der Waals surface area (Å²) >= 11 is 0. The van der Waals surface area contributed by atoms with Crippen molar-refractivity contribution in [2.75, 3.05) is 61.0 Å². The molecule has 27 nitrogen and oxygen atoms in total. The molecule has 6 aliphatic rings. The number of nitrogens with zero attached hydrogens (tertiary/aromatic N) is 5. The van der Waals surface area contributed by atoms with Crippen molar-refractivity contribution in [3.8, 4) is 5.75 Å². The Balaban J connectivity index is 0.00000220. The minimum atomic E-state index is -5.08. The number of aromatic nitrogens is 1. The van der Waals surface area contributed by atoms with Gasteiger partial charge in [-0.05, 0) is 161 Å². The van der Waals surface area contributed by atoms with E-state index >= 15 is 33.2 Å². The Labute approximate surface area is 690 Å². The molecule has 0 spiro atoms. The molecule has 7 N–H and O–H groups in total. The van der Waals surface area contributed by atoms with Gasteiger partial charge in [-0.15, -0.1) is 0 Å². The summed E-state index contributed by atoms with van der Waals surface area (Å²) in [5.41, 5.74) is 3.14. The summed E-state index contributed by atoms with van der Waals surface area (Å²) in [6.07, 6.45) is 0.740. The Hall–Kier alpha value is -10.5. The molecule has 0 aliphatic carbocycles. The van der Waals surface area contributed by atoms with Crippen LogP contribution in [0.5, 0.6) is 5.75 Å². The number of Topliss-reactive ketones (excluding diaryl/α,β-unsaturated/α-hetero) is 4. The van der Waals surface area contributed by atoms with Crippen molar-refractivity contribution in [1.29, 1.82) is 0 Å². The SMILES string of the molecule is COc1ccc(C[C@@H]2NC(=O)[C@H]([C@@H](C)O)NC(=O)[C@@H]3[C@@H]4CCN3C(=O)[C@H]3CC(=O)[C@H](Cc5cccc(c5)CNC(=O)CO4)NC(=O)[C@@H](CCC(=O)CCCCC[N+](C)(C)C)NC(=O)[C@H](C)CC(=O)CCC(=O)N(CCCC=CCn4cc(c5cc(F)ccc54)C3)Cc3ccc(cc3)CCCC(=O)[C@]3(C)CCCN3C2=O)cc1.O=C(O)C(F)(F)F. The molecule has 119 heavy (non-hydrogen) atoms. The second-order valence-corrected chi connectivity index (χ2v) is 33.2. The van der Waals surface area contributed by atoms with Crippen LogP contribution in [0.1, 0.15) is 163 Å². The number of carbonyl (C=O) groups excluding carboxylic acids is 12. The lowest BCUT2D eigenvalue weighted by Gasteiger charge is -2.37. The molecular formula is C88H113F4N10O17+. The first-order valence-corrected chi connectivity index (χ1v) is 41.1. The van der Waals surface area contributed by atoms with E-state index in [9.17, 15) is 47.0 Å². The van der Waals surface area contributed by atoms with E-state index in [1.54, 1.807) is 72.6 Å². The van der Waals surface area contributed by atoms with E-state index in [0.717, 1.165) is 35.0 Å². The molecule has 10 atom stereocenters. The van der Waals surface area contributed by atoms with Crippen molar-refractivity contribution < 1.29 is 104 Å². The van der Waals surface area contributed by atoms with E-state index in [0.29, 0.717) is 90.4 Å². The summed E-state index contributed by atoms with van der Waals surface area (Å²) in [6.45, 7) is 5.49. The smallest absolute Gasteiger partial charge is 0.490 e. The molecular weight excluding hydrogens is 1550 g/mol. The summed E-state index contributed by atoms with van der Waals surface area (Å²) in [5, 5.41) is 33.3. The molecule has 7 heterocycles. The number of unbranched alkanes of at least 4 members (excludes halogenated alkanes) is 2. The lowest BCUT2D eigenvalue weighted by atomic mass is 9.88.